The summed E-state index contributed by atoms with van der Waals surface area (Å²) >= 11 is 0. The van der Waals surface area contributed by atoms with E-state index >= 15 is 0 Å². The van der Waals surface area contributed by atoms with Gasteiger partial charge in [0, 0.05) is 0 Å². The van der Waals surface area contributed by atoms with Gasteiger partial charge < -0.3 is 0 Å². The third-order valence-corrected chi connectivity index (χ3v) is 1.86. The van der Waals surface area contributed by atoms with Crippen LogP contribution in [0.25, 0.3) is 0 Å². The minimum absolute atomic E-state index is 1.10. The van der Waals surface area contributed by atoms with Crippen LogP contribution in [0, 0.1) is 0 Å². The summed E-state index contributed by atoms with van der Waals surface area (Å²) in [7, 11) is 0. The van der Waals surface area contributed by atoms with E-state index in [9.17, 15) is 0 Å². The molecule has 0 aromatic rings. The number of hydrogen-bond donors (Lipinski definition) is 0. The van der Waals surface area contributed by atoms with Gasteiger partial charge in [0.1, 0.15) is 0 Å². The Morgan fingerprint density at radius 3 is 2.31 bits per heavy atom. The lowest BCUT2D eigenvalue weighted by Crippen LogP contribution is -1.88. The largest absolute Gasteiger partial charge is 0.0991 e. The summed E-state index contributed by atoms with van der Waals surface area (Å²) in [4.78, 5) is 0. The van der Waals surface area contributed by atoms with Gasteiger partial charge in [-0.2, -0.15) is 0 Å². The molecule has 0 aliphatic heterocycles. The summed E-state index contributed by atoms with van der Waals surface area (Å²) in [6, 6.07) is 0. The van der Waals surface area contributed by atoms with Crippen molar-refractivity contribution >= 4 is 0 Å². The van der Waals surface area contributed by atoms with Gasteiger partial charge in [0.15, 0.2) is 0 Å². The minimum Gasteiger partial charge on any atom is -0.0991 e. The van der Waals surface area contributed by atoms with Crippen LogP contribution in [0.1, 0.15) is 40.5 Å². The summed E-state index contributed by atoms with van der Waals surface area (Å²) in [5.74, 6) is 0. The Balaban J connectivity index is 0. The quantitative estimate of drug-likeness (QED) is 0.540. The Bertz CT molecular complexity index is 262. The van der Waals surface area contributed by atoms with E-state index in [2.05, 4.69) is 31.4 Å². The first kappa shape index (κ1) is 17.1. The summed E-state index contributed by atoms with van der Waals surface area (Å²) in [6.07, 6.45) is 14.3. The molecule has 1 aliphatic carbocycles. The van der Waals surface area contributed by atoms with Crippen molar-refractivity contribution < 1.29 is 0 Å². The lowest BCUT2D eigenvalue weighted by atomic mass is 9.98. The van der Waals surface area contributed by atoms with Crippen molar-refractivity contribution in [1.29, 1.82) is 0 Å². The van der Waals surface area contributed by atoms with Crippen molar-refractivity contribution in [2.75, 3.05) is 0 Å². The van der Waals surface area contributed by atoms with Gasteiger partial charge in [-0.15, -0.1) is 0 Å². The fraction of sp³-hybridized carbons (Fsp3) is 0.375. The van der Waals surface area contributed by atoms with Crippen molar-refractivity contribution in [3.05, 3.63) is 60.8 Å². The molecule has 0 heterocycles. The van der Waals surface area contributed by atoms with Crippen molar-refractivity contribution in [3.8, 4) is 0 Å². The predicted octanol–water partition coefficient (Wildman–Crippen LogP) is 5.61. The molecule has 0 bridgehead atoms. The first-order chi connectivity index (χ1) is 7.84. The summed E-state index contributed by atoms with van der Waals surface area (Å²) in [5, 5.41) is 0. The van der Waals surface area contributed by atoms with Gasteiger partial charge in [-0.3, -0.25) is 0 Å². The van der Waals surface area contributed by atoms with E-state index in [0.29, 0.717) is 0 Å². The summed E-state index contributed by atoms with van der Waals surface area (Å²) in [5.41, 5.74) is 2.43. The molecule has 0 aromatic carbocycles. The van der Waals surface area contributed by atoms with Gasteiger partial charge in [-0.1, -0.05) is 77.3 Å². The van der Waals surface area contributed by atoms with Crippen LogP contribution in [-0.4, -0.2) is 0 Å². The van der Waals surface area contributed by atoms with Crippen LogP contribution >= 0.6 is 0 Å². The third kappa shape index (κ3) is 8.05. The van der Waals surface area contributed by atoms with Gasteiger partial charge in [0.25, 0.3) is 0 Å². The molecule has 16 heavy (non-hydrogen) atoms. The SMILES string of the molecule is C=C/C=C\C(=C)C1=CC=CCC1.CC.CC. The van der Waals surface area contributed by atoms with E-state index in [1.165, 1.54) is 5.57 Å². The van der Waals surface area contributed by atoms with Crippen LogP contribution in [0.5, 0.6) is 0 Å². The van der Waals surface area contributed by atoms with Crippen LogP contribution in [0.4, 0.5) is 0 Å². The zero-order valence-electron chi connectivity index (χ0n) is 11.3. The molecule has 1 aliphatic rings. The molecule has 0 aromatic heterocycles. The highest BCUT2D eigenvalue weighted by atomic mass is 14.0. The molecule has 0 nitrogen and oxygen atoms in total. The topological polar surface area (TPSA) is 0 Å². The Kier molecular flexibility index (Phi) is 14.6. The molecule has 0 spiro atoms. The molecule has 0 heteroatoms. The lowest BCUT2D eigenvalue weighted by Gasteiger charge is -2.07. The third-order valence-electron chi connectivity index (χ3n) is 1.86. The molecule has 0 radical (unpaired) electrons. The van der Waals surface area contributed by atoms with Gasteiger partial charge in [-0.25, -0.2) is 0 Å². The average Bonchev–Trinajstić information content (AvgIpc) is 2.41. The molecule has 0 fully saturated rings. The smallest absolute Gasteiger partial charge is 0.0238 e. The Hall–Kier alpha value is -1.30. The molecule has 90 valence electrons. The standard InChI is InChI=1S/C12H14.2C2H6/c1-3-4-8-11(2)12-9-6-5-7-10-12;2*1-2/h3-6,8-9H,1-2,7,10H2;2*1-2H3/b8-4-;;. The Morgan fingerprint density at radius 1 is 1.25 bits per heavy atom. The van der Waals surface area contributed by atoms with Crippen LogP contribution in [0.2, 0.25) is 0 Å². The average molecular weight is 218 g/mol. The highest BCUT2D eigenvalue weighted by molar-refractivity contribution is 5.41. The number of hydrogen-bond acceptors (Lipinski definition) is 0. The van der Waals surface area contributed by atoms with Crippen LogP contribution in [-0.2, 0) is 0 Å². The number of rotatable bonds is 3. The van der Waals surface area contributed by atoms with Crippen molar-refractivity contribution in [2.45, 2.75) is 40.5 Å². The van der Waals surface area contributed by atoms with Crippen LogP contribution in [0.3, 0.4) is 0 Å². The highest BCUT2D eigenvalue weighted by Crippen LogP contribution is 2.19. The molecule has 0 amide bonds. The van der Waals surface area contributed by atoms with Gasteiger partial charge >= 0.3 is 0 Å². The lowest BCUT2D eigenvalue weighted by molar-refractivity contribution is 0.979. The molecular weight excluding hydrogens is 192 g/mol. The second-order valence-corrected chi connectivity index (χ2v) is 2.78. The molecule has 0 saturated heterocycles. The first-order valence-corrected chi connectivity index (χ1v) is 6.18. The fourth-order valence-corrected chi connectivity index (χ4v) is 1.16. The number of allylic oxidation sites excluding steroid dienone is 8. The van der Waals surface area contributed by atoms with Gasteiger partial charge in [-0.05, 0) is 24.0 Å². The van der Waals surface area contributed by atoms with E-state index in [1.54, 1.807) is 6.08 Å². The summed E-state index contributed by atoms with van der Waals surface area (Å²) in [6.45, 7) is 15.6. The minimum atomic E-state index is 1.10. The highest BCUT2D eigenvalue weighted by Gasteiger charge is 1.99. The fourth-order valence-electron chi connectivity index (χ4n) is 1.16. The van der Waals surface area contributed by atoms with Gasteiger partial charge in [0.2, 0.25) is 0 Å². The first-order valence-electron chi connectivity index (χ1n) is 6.18. The summed E-state index contributed by atoms with van der Waals surface area (Å²) < 4.78 is 0. The van der Waals surface area contributed by atoms with Crippen molar-refractivity contribution in [3.63, 3.8) is 0 Å². The van der Waals surface area contributed by atoms with Crippen molar-refractivity contribution in [2.24, 2.45) is 0 Å². The molecular formula is C16H26. The maximum Gasteiger partial charge on any atom is -0.0238 e. The predicted molar refractivity (Wildman–Crippen MR) is 77.6 cm³/mol. The van der Waals surface area contributed by atoms with Crippen LogP contribution in [0.15, 0.2) is 60.8 Å². The van der Waals surface area contributed by atoms with Crippen LogP contribution < -0.4 is 0 Å². The normalized spacial score (nSPS) is 12.9. The van der Waals surface area contributed by atoms with Gasteiger partial charge in [0.05, 0.1) is 0 Å². The second-order valence-electron chi connectivity index (χ2n) is 2.78. The van der Waals surface area contributed by atoms with E-state index in [1.807, 2.05) is 39.8 Å². The zero-order chi connectivity index (χ0) is 12.8. The van der Waals surface area contributed by atoms with E-state index in [4.69, 9.17) is 0 Å². The molecule has 1 rings (SSSR count). The van der Waals surface area contributed by atoms with E-state index in [0.717, 1.165) is 18.4 Å². The monoisotopic (exact) mass is 218 g/mol. The molecule has 0 saturated carbocycles. The second kappa shape index (κ2) is 13.7. The molecule has 0 unspecified atom stereocenters. The van der Waals surface area contributed by atoms with E-state index < -0.39 is 0 Å². The maximum absolute atomic E-state index is 3.98. The Morgan fingerprint density at radius 2 is 1.88 bits per heavy atom. The molecule has 0 N–H and O–H groups in total. The Labute approximate surface area is 102 Å². The zero-order valence-corrected chi connectivity index (χ0v) is 11.3. The molecule has 0 atom stereocenters. The van der Waals surface area contributed by atoms with Crippen molar-refractivity contribution in [1.82, 2.24) is 0 Å². The maximum atomic E-state index is 3.98. The van der Waals surface area contributed by atoms with E-state index in [-0.39, 0.29) is 0 Å².